The van der Waals surface area contributed by atoms with E-state index in [0.717, 1.165) is 0 Å². The van der Waals surface area contributed by atoms with E-state index in [1.54, 1.807) is 18.2 Å². The largest absolute Gasteiger partial charge is 0.492 e. The van der Waals surface area contributed by atoms with Crippen LogP contribution in [0.4, 0.5) is 16.2 Å². The first-order valence-electron chi connectivity index (χ1n) is 8.38. The molecule has 0 spiro atoms. The van der Waals surface area contributed by atoms with Gasteiger partial charge in [-0.3, -0.25) is 0 Å². The number of anilines is 2. The fourth-order valence-electron chi connectivity index (χ4n) is 2.40. The number of urea groups is 1. The van der Waals surface area contributed by atoms with Crippen LogP contribution >= 0.6 is 0 Å². The summed E-state index contributed by atoms with van der Waals surface area (Å²) in [7, 11) is 0. The van der Waals surface area contributed by atoms with Gasteiger partial charge in [0, 0.05) is 0 Å². The number of para-hydroxylation sites is 5. The summed E-state index contributed by atoms with van der Waals surface area (Å²) in [6.45, 7) is 2.42. The van der Waals surface area contributed by atoms with Gasteiger partial charge in [-0.25, -0.2) is 4.79 Å². The molecule has 3 rings (SSSR count). The highest BCUT2D eigenvalue weighted by Crippen LogP contribution is 2.30. The minimum absolute atomic E-state index is 0.374. The molecule has 0 heterocycles. The first kappa shape index (κ1) is 17.4. The third kappa shape index (κ3) is 4.54. The Morgan fingerprint density at radius 3 is 1.96 bits per heavy atom. The second-order valence-corrected chi connectivity index (χ2v) is 5.42. The highest BCUT2D eigenvalue weighted by Gasteiger charge is 2.10. The van der Waals surface area contributed by atoms with Gasteiger partial charge in [0.25, 0.3) is 0 Å². The van der Waals surface area contributed by atoms with E-state index in [0.29, 0.717) is 35.2 Å². The molecule has 0 unspecified atom stereocenters. The van der Waals surface area contributed by atoms with E-state index in [-0.39, 0.29) is 6.03 Å². The minimum Gasteiger partial charge on any atom is -0.492 e. The second-order valence-electron chi connectivity index (χ2n) is 5.42. The lowest BCUT2D eigenvalue weighted by Gasteiger charge is -2.14. The van der Waals surface area contributed by atoms with Crippen molar-refractivity contribution < 1.29 is 14.3 Å². The summed E-state index contributed by atoms with van der Waals surface area (Å²) in [6, 6.07) is 23.6. The molecule has 2 amide bonds. The Morgan fingerprint density at radius 2 is 1.31 bits per heavy atom. The summed E-state index contributed by atoms with van der Waals surface area (Å²) >= 11 is 0. The first-order valence-corrected chi connectivity index (χ1v) is 8.38. The van der Waals surface area contributed by atoms with E-state index in [4.69, 9.17) is 9.47 Å². The molecule has 2 N–H and O–H groups in total. The van der Waals surface area contributed by atoms with Crippen molar-refractivity contribution in [2.75, 3.05) is 17.2 Å². The average molecular weight is 348 g/mol. The highest BCUT2D eigenvalue weighted by molar-refractivity contribution is 6.01. The molecule has 0 aliphatic rings. The summed E-state index contributed by atoms with van der Waals surface area (Å²) in [5.74, 6) is 1.88. The summed E-state index contributed by atoms with van der Waals surface area (Å²) in [6.07, 6.45) is 0. The molecule has 0 aliphatic heterocycles. The van der Waals surface area contributed by atoms with Crippen molar-refractivity contribution >= 4 is 17.4 Å². The van der Waals surface area contributed by atoms with Crippen molar-refractivity contribution in [3.05, 3.63) is 78.9 Å². The van der Waals surface area contributed by atoms with E-state index in [9.17, 15) is 4.79 Å². The van der Waals surface area contributed by atoms with Gasteiger partial charge in [0.1, 0.15) is 11.5 Å². The van der Waals surface area contributed by atoms with Gasteiger partial charge in [-0.15, -0.1) is 0 Å². The van der Waals surface area contributed by atoms with Crippen LogP contribution in [-0.4, -0.2) is 12.6 Å². The van der Waals surface area contributed by atoms with E-state index in [1.807, 2.05) is 67.6 Å². The zero-order valence-electron chi connectivity index (χ0n) is 14.4. The van der Waals surface area contributed by atoms with Crippen LogP contribution in [0.15, 0.2) is 78.9 Å². The summed E-state index contributed by atoms with van der Waals surface area (Å²) in [5.41, 5.74) is 1.18. The summed E-state index contributed by atoms with van der Waals surface area (Å²) in [5, 5.41) is 5.62. The van der Waals surface area contributed by atoms with Crippen LogP contribution in [-0.2, 0) is 0 Å². The normalized spacial score (nSPS) is 10.0. The van der Waals surface area contributed by atoms with E-state index >= 15 is 0 Å². The second kappa shape index (κ2) is 8.58. The van der Waals surface area contributed by atoms with Gasteiger partial charge in [0.05, 0.1) is 18.0 Å². The maximum Gasteiger partial charge on any atom is 0.323 e. The van der Waals surface area contributed by atoms with Crippen molar-refractivity contribution in [3.63, 3.8) is 0 Å². The number of hydrogen-bond acceptors (Lipinski definition) is 3. The number of hydrogen-bond donors (Lipinski definition) is 2. The standard InChI is InChI=1S/C21H20N2O3/c1-2-25-19-14-8-6-12-17(19)22-21(24)23-18-13-7-9-15-20(18)26-16-10-4-3-5-11-16/h3-15H,2H2,1H3,(H2,22,23,24). The molecule has 0 radical (unpaired) electrons. The molecule has 26 heavy (non-hydrogen) atoms. The fourth-order valence-corrected chi connectivity index (χ4v) is 2.40. The Labute approximate surface area is 152 Å². The molecule has 3 aromatic rings. The molecule has 0 bridgehead atoms. The van der Waals surface area contributed by atoms with Crippen LogP contribution < -0.4 is 20.1 Å². The van der Waals surface area contributed by atoms with E-state index < -0.39 is 0 Å². The number of ether oxygens (including phenoxy) is 2. The van der Waals surface area contributed by atoms with Gasteiger partial charge >= 0.3 is 6.03 Å². The molecule has 0 saturated carbocycles. The van der Waals surface area contributed by atoms with Crippen LogP contribution in [0.3, 0.4) is 0 Å². The van der Waals surface area contributed by atoms with Crippen LogP contribution in [0.2, 0.25) is 0 Å². The van der Waals surface area contributed by atoms with Crippen LogP contribution in [0.5, 0.6) is 17.2 Å². The number of rotatable bonds is 6. The van der Waals surface area contributed by atoms with Gasteiger partial charge in [0.2, 0.25) is 0 Å². The average Bonchev–Trinajstić information content (AvgIpc) is 2.66. The molecule has 0 fully saturated rings. The molecule has 132 valence electrons. The maximum atomic E-state index is 12.4. The Bertz CT molecular complexity index is 866. The molecule has 0 aromatic heterocycles. The molecule has 3 aromatic carbocycles. The smallest absolute Gasteiger partial charge is 0.323 e. The number of nitrogens with one attached hydrogen (secondary N) is 2. The number of amides is 2. The monoisotopic (exact) mass is 348 g/mol. The van der Waals surface area contributed by atoms with E-state index in [2.05, 4.69) is 10.6 Å². The van der Waals surface area contributed by atoms with Gasteiger partial charge in [-0.05, 0) is 43.3 Å². The van der Waals surface area contributed by atoms with E-state index in [1.165, 1.54) is 0 Å². The van der Waals surface area contributed by atoms with Crippen LogP contribution in [0.1, 0.15) is 6.92 Å². The van der Waals surface area contributed by atoms with Crippen LogP contribution in [0, 0.1) is 0 Å². The molecule has 5 heteroatoms. The third-order valence-electron chi connectivity index (χ3n) is 3.54. The van der Waals surface area contributed by atoms with Gasteiger partial charge in [-0.1, -0.05) is 42.5 Å². The van der Waals surface area contributed by atoms with Gasteiger partial charge in [-0.2, -0.15) is 0 Å². The van der Waals surface area contributed by atoms with Crippen molar-refractivity contribution in [1.82, 2.24) is 0 Å². The van der Waals surface area contributed by atoms with Crippen molar-refractivity contribution in [2.45, 2.75) is 6.92 Å². The number of carbonyl (C=O) groups is 1. The molecular weight excluding hydrogens is 328 g/mol. The lowest BCUT2D eigenvalue weighted by atomic mass is 10.2. The Hall–Kier alpha value is -3.47. The molecule has 5 nitrogen and oxygen atoms in total. The maximum absolute atomic E-state index is 12.4. The van der Waals surface area contributed by atoms with Gasteiger partial charge in [0.15, 0.2) is 5.75 Å². The zero-order valence-corrected chi connectivity index (χ0v) is 14.4. The fraction of sp³-hybridized carbons (Fsp3) is 0.0952. The molecule has 0 aliphatic carbocycles. The first-order chi connectivity index (χ1) is 12.8. The molecular formula is C21H20N2O3. The topological polar surface area (TPSA) is 59.6 Å². The summed E-state index contributed by atoms with van der Waals surface area (Å²) < 4.78 is 11.4. The SMILES string of the molecule is CCOc1ccccc1NC(=O)Nc1ccccc1Oc1ccccc1. The number of benzene rings is 3. The van der Waals surface area contributed by atoms with Gasteiger partial charge < -0.3 is 20.1 Å². The number of carbonyl (C=O) groups excluding carboxylic acids is 1. The van der Waals surface area contributed by atoms with Crippen LogP contribution in [0.25, 0.3) is 0 Å². The lowest BCUT2D eigenvalue weighted by molar-refractivity contribution is 0.261. The Balaban J connectivity index is 1.72. The Kier molecular flexibility index (Phi) is 5.72. The third-order valence-corrected chi connectivity index (χ3v) is 3.54. The quantitative estimate of drug-likeness (QED) is 0.616. The molecule has 0 saturated heterocycles. The minimum atomic E-state index is -0.374. The molecule has 0 atom stereocenters. The van der Waals surface area contributed by atoms with Crippen molar-refractivity contribution in [1.29, 1.82) is 0 Å². The predicted molar refractivity (Wildman–Crippen MR) is 103 cm³/mol. The highest BCUT2D eigenvalue weighted by atomic mass is 16.5. The van der Waals surface area contributed by atoms with Crippen molar-refractivity contribution in [3.8, 4) is 17.2 Å². The zero-order chi connectivity index (χ0) is 18.2. The van der Waals surface area contributed by atoms with Crippen molar-refractivity contribution in [2.24, 2.45) is 0 Å². The predicted octanol–water partition coefficient (Wildman–Crippen LogP) is 5.52. The summed E-state index contributed by atoms with van der Waals surface area (Å²) in [4.78, 5) is 12.4. The Morgan fingerprint density at radius 1 is 0.769 bits per heavy atom. The lowest BCUT2D eigenvalue weighted by Crippen LogP contribution is -2.20.